The molecule has 0 spiro atoms. The molecule has 8 rings (SSSR count). The van der Waals surface area contributed by atoms with Crippen LogP contribution in [-0.2, 0) is 25.9 Å². The number of piperidine rings is 1. The number of benzene rings is 1. The largest absolute Gasteiger partial charge is 0.480 e. The monoisotopic (exact) mass is 716 g/mol. The zero-order chi connectivity index (χ0) is 35.5. The zero-order valence-corrected chi connectivity index (χ0v) is 27.7. The highest BCUT2D eigenvalue weighted by Gasteiger charge is 2.50. The summed E-state index contributed by atoms with van der Waals surface area (Å²) in [6.07, 6.45) is -0.672. The summed E-state index contributed by atoms with van der Waals surface area (Å²) in [4.78, 5) is 54.6. The Morgan fingerprint density at radius 2 is 1.90 bits per heavy atom. The van der Waals surface area contributed by atoms with Gasteiger partial charge in [0.2, 0.25) is 11.7 Å². The number of aliphatic carboxylic acids is 1. The number of hydrogen-bond donors (Lipinski definition) is 1. The molecule has 4 aromatic rings. The molecule has 264 valence electrons. The van der Waals surface area contributed by atoms with Crippen LogP contribution in [-0.4, -0.2) is 99.8 Å². The van der Waals surface area contributed by atoms with Gasteiger partial charge >= 0.3 is 23.9 Å². The molecule has 6 bridgehead atoms. The molecule has 0 aliphatic carbocycles. The van der Waals surface area contributed by atoms with Crippen molar-refractivity contribution >= 4 is 57.5 Å². The van der Waals surface area contributed by atoms with Gasteiger partial charge in [-0.2, -0.15) is 8.78 Å². The van der Waals surface area contributed by atoms with Crippen molar-refractivity contribution in [3.8, 4) is 5.88 Å². The molecule has 2 fully saturated rings. The van der Waals surface area contributed by atoms with Gasteiger partial charge in [-0.05, 0) is 24.6 Å². The number of fused-ring (bicyclic) bond motifs is 12. The maximum atomic E-state index is 17.0. The summed E-state index contributed by atoms with van der Waals surface area (Å²) in [5.74, 6) is -9.50. The number of amides is 2. The van der Waals surface area contributed by atoms with Crippen LogP contribution in [0.2, 0.25) is 5.02 Å². The first-order chi connectivity index (χ1) is 23.8. The average molecular weight is 717 g/mol. The molecule has 13 nitrogen and oxygen atoms in total. The number of pyridine rings is 1. The SMILES string of the molecule is C[C@H]1CN2CC[C@]1(F)c1cc(Cl)cnc1O[C@H]1C[C@@H](C(=O)O)N(C1)c1nc(nc3c1oc1ccccc13)C(F)(F)C(=O)N(C)CCCOC2=O. The van der Waals surface area contributed by atoms with Gasteiger partial charge in [-0.3, -0.25) is 4.79 Å². The van der Waals surface area contributed by atoms with Gasteiger partial charge in [0, 0.05) is 57.0 Å². The van der Waals surface area contributed by atoms with Crippen molar-refractivity contribution in [3.63, 3.8) is 0 Å². The van der Waals surface area contributed by atoms with Crippen LogP contribution >= 0.6 is 11.6 Å². The Kier molecular flexibility index (Phi) is 8.39. The van der Waals surface area contributed by atoms with E-state index in [9.17, 15) is 19.5 Å². The predicted octanol–water partition coefficient (Wildman–Crippen LogP) is 5.13. The van der Waals surface area contributed by atoms with E-state index in [4.69, 9.17) is 25.5 Å². The molecule has 4 aliphatic rings. The van der Waals surface area contributed by atoms with Gasteiger partial charge in [-0.1, -0.05) is 30.7 Å². The number of alkyl halides is 3. The van der Waals surface area contributed by atoms with Gasteiger partial charge in [0.1, 0.15) is 28.9 Å². The minimum Gasteiger partial charge on any atom is -0.480 e. The number of furan rings is 1. The van der Waals surface area contributed by atoms with Crippen LogP contribution in [0.5, 0.6) is 5.88 Å². The van der Waals surface area contributed by atoms with Crippen LogP contribution in [0.1, 0.15) is 37.6 Å². The molecule has 1 N–H and O–H groups in total. The number of anilines is 1. The van der Waals surface area contributed by atoms with E-state index in [2.05, 4.69) is 15.0 Å². The lowest BCUT2D eigenvalue weighted by Gasteiger charge is -2.41. The number of para-hydroxylation sites is 1. The van der Waals surface area contributed by atoms with Crippen molar-refractivity contribution in [2.45, 2.75) is 49.9 Å². The summed E-state index contributed by atoms with van der Waals surface area (Å²) < 4.78 is 66.7. The number of rotatable bonds is 1. The van der Waals surface area contributed by atoms with Crippen molar-refractivity contribution in [2.75, 3.05) is 44.7 Å². The van der Waals surface area contributed by atoms with E-state index in [0.29, 0.717) is 5.39 Å². The number of ether oxygens (including phenoxy) is 2. The molecule has 50 heavy (non-hydrogen) atoms. The number of carbonyl (C=O) groups is 3. The third-order valence-electron chi connectivity index (χ3n) is 9.60. The Balaban J connectivity index is 1.36. The van der Waals surface area contributed by atoms with Gasteiger partial charge in [-0.15, -0.1) is 0 Å². The Morgan fingerprint density at radius 1 is 1.12 bits per heavy atom. The highest BCUT2D eigenvalue weighted by Crippen LogP contribution is 2.46. The number of halogens is 4. The molecule has 7 heterocycles. The number of carboxylic acids is 1. The third kappa shape index (κ3) is 5.68. The smallest absolute Gasteiger partial charge is 0.409 e. The molecule has 17 heteroatoms. The van der Waals surface area contributed by atoms with Gasteiger partial charge in [-0.25, -0.2) is 28.9 Å². The molecule has 3 aromatic heterocycles. The van der Waals surface area contributed by atoms with E-state index < -0.39 is 53.4 Å². The quantitative estimate of drug-likeness (QED) is 0.279. The lowest BCUT2D eigenvalue weighted by molar-refractivity contribution is -0.158. The van der Waals surface area contributed by atoms with Gasteiger partial charge in [0.05, 0.1) is 23.7 Å². The van der Waals surface area contributed by atoms with Crippen LogP contribution < -0.4 is 9.64 Å². The van der Waals surface area contributed by atoms with Crippen molar-refractivity contribution in [3.05, 3.63) is 52.9 Å². The fraction of sp³-hybridized carbons (Fsp3) is 0.455. The van der Waals surface area contributed by atoms with Crippen LogP contribution in [0.4, 0.5) is 23.8 Å². The normalized spacial score (nSPS) is 26.0. The number of nitrogens with zero attached hydrogens (tertiary/aromatic N) is 6. The fourth-order valence-corrected chi connectivity index (χ4v) is 7.06. The van der Waals surface area contributed by atoms with Gasteiger partial charge in [0.25, 0.3) is 0 Å². The van der Waals surface area contributed by atoms with Crippen LogP contribution in [0.3, 0.4) is 0 Å². The molecule has 1 aromatic carbocycles. The molecular formula is C33H32ClF3N6O7. The topological polar surface area (TPSA) is 151 Å². The molecule has 4 aliphatic heterocycles. The second kappa shape index (κ2) is 12.5. The standard InChI is InChI=1S/C33H32ClF3N6O7/c1-17-15-42-10-8-32(17,35)21-12-18(34)14-38-27(21)49-19-13-22(28(44)45)43(16-19)26-25-24(20-6-3-4-7-23(20)50-25)39-29(40-26)33(36,37)30(46)41(2)9-5-11-48-31(42)47/h3-4,6-7,12,14,17,19,22H,5,8-11,13,15-16H2,1-2H3,(H,44,45)/t17-,19-,22-,32+/m0/s1. The van der Waals surface area contributed by atoms with Crippen LogP contribution in [0.25, 0.3) is 22.1 Å². The Morgan fingerprint density at radius 3 is 2.66 bits per heavy atom. The van der Waals surface area contributed by atoms with E-state index in [-0.39, 0.29) is 91.0 Å². The fourth-order valence-electron chi connectivity index (χ4n) is 6.90. The molecule has 0 saturated carbocycles. The molecule has 2 saturated heterocycles. The van der Waals surface area contributed by atoms with E-state index in [1.54, 1.807) is 31.2 Å². The highest BCUT2D eigenvalue weighted by molar-refractivity contribution is 6.30. The first-order valence-corrected chi connectivity index (χ1v) is 16.4. The van der Waals surface area contributed by atoms with E-state index in [1.165, 1.54) is 29.1 Å². The minimum atomic E-state index is -4.25. The highest BCUT2D eigenvalue weighted by atomic mass is 35.5. The summed E-state index contributed by atoms with van der Waals surface area (Å²) in [6.45, 7) is 0.986. The Bertz CT molecular complexity index is 2020. The lowest BCUT2D eigenvalue weighted by atomic mass is 9.79. The number of carboxylic acid groups (broad SMARTS) is 1. The Hall–Kier alpha value is -4.86. The van der Waals surface area contributed by atoms with Crippen LogP contribution in [0, 0.1) is 5.92 Å². The van der Waals surface area contributed by atoms with Crippen molar-refractivity contribution < 1.29 is 46.6 Å². The zero-order valence-electron chi connectivity index (χ0n) is 26.9. The van der Waals surface area contributed by atoms with E-state index >= 15 is 13.2 Å². The first-order valence-electron chi connectivity index (χ1n) is 16.0. The summed E-state index contributed by atoms with van der Waals surface area (Å²) in [7, 11) is 1.17. The first kappa shape index (κ1) is 33.6. The van der Waals surface area contributed by atoms with Crippen molar-refractivity contribution in [1.29, 1.82) is 0 Å². The van der Waals surface area contributed by atoms with E-state index in [0.717, 1.165) is 4.90 Å². The molecule has 2 amide bonds. The summed E-state index contributed by atoms with van der Waals surface area (Å²) >= 11 is 6.28. The summed E-state index contributed by atoms with van der Waals surface area (Å²) in [5.41, 5.74) is -1.83. The van der Waals surface area contributed by atoms with E-state index in [1.807, 2.05) is 0 Å². The van der Waals surface area contributed by atoms with Crippen molar-refractivity contribution in [1.82, 2.24) is 24.8 Å². The number of carbonyl (C=O) groups excluding carboxylic acids is 2. The molecular weight excluding hydrogens is 685 g/mol. The number of hydrogen-bond acceptors (Lipinski definition) is 10. The summed E-state index contributed by atoms with van der Waals surface area (Å²) in [5, 5.41) is 10.8. The number of likely N-dealkylation sites (N-methyl/N-ethyl adjacent to an activating group) is 1. The summed E-state index contributed by atoms with van der Waals surface area (Å²) in [6, 6.07) is 6.55. The number of aromatic nitrogens is 3. The van der Waals surface area contributed by atoms with Gasteiger partial charge in [0.15, 0.2) is 11.4 Å². The average Bonchev–Trinajstić information content (AvgIpc) is 3.69. The molecule has 0 radical (unpaired) electrons. The van der Waals surface area contributed by atoms with Crippen LogP contribution in [0.15, 0.2) is 40.9 Å². The second-order valence-electron chi connectivity index (χ2n) is 12.9. The minimum absolute atomic E-state index is 0.0176. The molecule has 4 atom stereocenters. The van der Waals surface area contributed by atoms with Crippen molar-refractivity contribution in [2.24, 2.45) is 5.92 Å². The maximum Gasteiger partial charge on any atom is 0.409 e. The van der Waals surface area contributed by atoms with Gasteiger partial charge < -0.3 is 33.7 Å². The third-order valence-corrected chi connectivity index (χ3v) is 9.81. The predicted molar refractivity (Wildman–Crippen MR) is 172 cm³/mol. The second-order valence-corrected chi connectivity index (χ2v) is 13.3. The lowest BCUT2D eigenvalue weighted by Crippen LogP contribution is -2.49. The Labute approximate surface area is 287 Å². The molecule has 0 unspecified atom stereocenters. The maximum absolute atomic E-state index is 17.0.